The van der Waals surface area contributed by atoms with Gasteiger partial charge in [-0.15, -0.1) is 0 Å². The summed E-state index contributed by atoms with van der Waals surface area (Å²) in [6.45, 7) is 0. The van der Waals surface area contributed by atoms with Crippen LogP contribution in [0, 0.1) is 5.82 Å². The number of carbonyl (C=O) groups is 1. The van der Waals surface area contributed by atoms with E-state index in [0.717, 1.165) is 37.7 Å². The first kappa shape index (κ1) is 13.8. The van der Waals surface area contributed by atoms with Crippen LogP contribution >= 0.6 is 0 Å². The summed E-state index contributed by atoms with van der Waals surface area (Å²) in [4.78, 5) is 12.3. The molecule has 2 nitrogen and oxygen atoms in total. The molecule has 0 aliphatic heterocycles. The number of hydrogen-bond acceptors (Lipinski definition) is 2. The van der Waals surface area contributed by atoms with E-state index in [1.807, 2.05) is 6.08 Å². The van der Waals surface area contributed by atoms with Crippen molar-refractivity contribution in [3.63, 3.8) is 0 Å². The van der Waals surface area contributed by atoms with E-state index in [0.29, 0.717) is 5.75 Å². The van der Waals surface area contributed by atoms with E-state index in [-0.39, 0.29) is 11.3 Å². The molecule has 2 rings (SSSR count). The number of allylic oxidation sites excluding steroid dienone is 2. The van der Waals surface area contributed by atoms with Crippen molar-refractivity contribution in [2.45, 2.75) is 38.5 Å². The molecule has 19 heavy (non-hydrogen) atoms. The maximum Gasteiger partial charge on any atom is 0.191 e. The molecule has 0 aromatic heterocycles. The standard InChI is InChI=1S/C16H19FO2/c1-19-13-9-10-14(15(17)11-13)16(18)12-7-5-3-2-4-6-8-12/h7,9-11H,2-6,8H2,1H3/b12-7+. The molecular weight excluding hydrogens is 243 g/mol. The lowest BCUT2D eigenvalue weighted by Crippen LogP contribution is -2.07. The van der Waals surface area contributed by atoms with Crippen LogP contribution in [0.1, 0.15) is 48.9 Å². The van der Waals surface area contributed by atoms with Gasteiger partial charge in [-0.25, -0.2) is 4.39 Å². The molecule has 0 atom stereocenters. The minimum atomic E-state index is -0.507. The summed E-state index contributed by atoms with van der Waals surface area (Å²) in [5, 5.41) is 0. The van der Waals surface area contributed by atoms with Crippen molar-refractivity contribution in [3.05, 3.63) is 41.2 Å². The molecule has 0 saturated carbocycles. The molecule has 0 radical (unpaired) electrons. The Labute approximate surface area is 113 Å². The molecule has 0 unspecified atom stereocenters. The Balaban J connectivity index is 2.22. The van der Waals surface area contributed by atoms with Gasteiger partial charge in [-0.1, -0.05) is 18.9 Å². The zero-order valence-corrected chi connectivity index (χ0v) is 11.2. The first-order valence-corrected chi connectivity index (χ1v) is 6.79. The van der Waals surface area contributed by atoms with E-state index < -0.39 is 5.82 Å². The second-order valence-electron chi connectivity index (χ2n) is 4.86. The Morgan fingerprint density at radius 1 is 1.21 bits per heavy atom. The Kier molecular flexibility index (Phi) is 4.72. The summed E-state index contributed by atoms with van der Waals surface area (Å²) in [7, 11) is 1.48. The second-order valence-corrected chi connectivity index (χ2v) is 4.86. The average molecular weight is 262 g/mol. The van der Waals surface area contributed by atoms with Gasteiger partial charge in [-0.05, 0) is 43.4 Å². The van der Waals surface area contributed by atoms with Crippen LogP contribution in [0.2, 0.25) is 0 Å². The van der Waals surface area contributed by atoms with Crippen molar-refractivity contribution in [3.8, 4) is 5.75 Å². The fraction of sp³-hybridized carbons (Fsp3) is 0.438. The van der Waals surface area contributed by atoms with Crippen molar-refractivity contribution in [2.24, 2.45) is 0 Å². The largest absolute Gasteiger partial charge is 0.497 e. The van der Waals surface area contributed by atoms with E-state index in [4.69, 9.17) is 4.74 Å². The molecular formula is C16H19FO2. The number of Topliss-reactive ketones (excluding diaryl/α,β-unsaturated/α-hetero) is 1. The van der Waals surface area contributed by atoms with Gasteiger partial charge in [-0.2, -0.15) is 0 Å². The molecule has 1 aliphatic carbocycles. The molecule has 102 valence electrons. The number of methoxy groups -OCH3 is 1. The van der Waals surface area contributed by atoms with Gasteiger partial charge in [0.05, 0.1) is 12.7 Å². The second kappa shape index (κ2) is 6.50. The lowest BCUT2D eigenvalue weighted by atomic mass is 9.94. The highest BCUT2D eigenvalue weighted by Gasteiger charge is 2.17. The van der Waals surface area contributed by atoms with Gasteiger partial charge >= 0.3 is 0 Å². The number of halogens is 1. The van der Waals surface area contributed by atoms with Crippen molar-refractivity contribution in [1.29, 1.82) is 0 Å². The zero-order valence-electron chi connectivity index (χ0n) is 11.2. The van der Waals surface area contributed by atoms with Crippen LogP contribution in [-0.4, -0.2) is 12.9 Å². The molecule has 0 spiro atoms. The van der Waals surface area contributed by atoms with Crippen molar-refractivity contribution >= 4 is 5.78 Å². The van der Waals surface area contributed by atoms with Gasteiger partial charge in [0.2, 0.25) is 0 Å². The molecule has 0 amide bonds. The third-order valence-corrected chi connectivity index (χ3v) is 3.50. The number of rotatable bonds is 3. The van der Waals surface area contributed by atoms with Gasteiger partial charge in [0.25, 0.3) is 0 Å². The lowest BCUT2D eigenvalue weighted by molar-refractivity contribution is 0.102. The zero-order chi connectivity index (χ0) is 13.7. The maximum atomic E-state index is 13.9. The minimum Gasteiger partial charge on any atom is -0.497 e. The summed E-state index contributed by atoms with van der Waals surface area (Å²) in [5.41, 5.74) is 0.899. The van der Waals surface area contributed by atoms with Crippen molar-refractivity contribution in [1.82, 2.24) is 0 Å². The van der Waals surface area contributed by atoms with E-state index >= 15 is 0 Å². The Bertz CT molecular complexity index is 492. The molecule has 1 aliphatic rings. The first-order chi connectivity index (χ1) is 9.22. The topological polar surface area (TPSA) is 26.3 Å². The normalized spacial score (nSPS) is 18.9. The maximum absolute atomic E-state index is 13.9. The minimum absolute atomic E-state index is 0.146. The molecule has 0 fully saturated rings. The summed E-state index contributed by atoms with van der Waals surface area (Å²) >= 11 is 0. The Morgan fingerprint density at radius 2 is 2.00 bits per heavy atom. The van der Waals surface area contributed by atoms with Crippen molar-refractivity contribution < 1.29 is 13.9 Å². The predicted octanol–water partition coefficient (Wildman–Crippen LogP) is 4.30. The van der Waals surface area contributed by atoms with E-state index in [9.17, 15) is 9.18 Å². The smallest absolute Gasteiger partial charge is 0.191 e. The Hall–Kier alpha value is -1.64. The first-order valence-electron chi connectivity index (χ1n) is 6.79. The van der Waals surface area contributed by atoms with Crippen LogP contribution < -0.4 is 4.74 Å². The number of hydrogen-bond donors (Lipinski definition) is 0. The number of benzene rings is 1. The number of carbonyl (C=O) groups excluding carboxylic acids is 1. The van der Waals surface area contributed by atoms with E-state index in [2.05, 4.69) is 0 Å². The van der Waals surface area contributed by atoms with Crippen molar-refractivity contribution in [2.75, 3.05) is 7.11 Å². The summed E-state index contributed by atoms with van der Waals surface area (Å²) in [6, 6.07) is 4.40. The average Bonchev–Trinajstić information content (AvgIpc) is 2.37. The monoisotopic (exact) mass is 262 g/mol. The van der Waals surface area contributed by atoms with Gasteiger partial charge in [0.1, 0.15) is 11.6 Å². The van der Waals surface area contributed by atoms with Gasteiger partial charge in [-0.3, -0.25) is 4.79 Å². The highest BCUT2D eigenvalue weighted by Crippen LogP contribution is 2.23. The third kappa shape index (κ3) is 3.43. The van der Waals surface area contributed by atoms with E-state index in [1.54, 1.807) is 6.07 Å². The Morgan fingerprint density at radius 3 is 2.74 bits per heavy atom. The fourth-order valence-corrected chi connectivity index (χ4v) is 2.38. The van der Waals surface area contributed by atoms with Crippen LogP contribution in [0.15, 0.2) is 29.8 Å². The molecule has 0 saturated heterocycles. The van der Waals surface area contributed by atoms with Gasteiger partial charge < -0.3 is 4.74 Å². The van der Waals surface area contributed by atoms with Crippen LogP contribution in [0.5, 0.6) is 5.75 Å². The molecule has 0 N–H and O–H groups in total. The van der Waals surface area contributed by atoms with Gasteiger partial charge in [0.15, 0.2) is 5.78 Å². The van der Waals surface area contributed by atoms with Crippen LogP contribution in [0.3, 0.4) is 0 Å². The number of ether oxygens (including phenoxy) is 1. The summed E-state index contributed by atoms with van der Waals surface area (Å²) in [6.07, 6.45) is 8.14. The molecule has 3 heteroatoms. The summed E-state index contributed by atoms with van der Waals surface area (Å²) in [5.74, 6) is -0.255. The molecule has 1 aromatic carbocycles. The quantitative estimate of drug-likeness (QED) is 0.759. The molecule has 0 heterocycles. The third-order valence-electron chi connectivity index (χ3n) is 3.50. The number of ketones is 1. The molecule has 0 bridgehead atoms. The van der Waals surface area contributed by atoms with Gasteiger partial charge in [0, 0.05) is 6.07 Å². The van der Waals surface area contributed by atoms with Crippen LogP contribution in [0.4, 0.5) is 4.39 Å². The molecule has 1 aromatic rings. The highest BCUT2D eigenvalue weighted by molar-refractivity contribution is 6.08. The van der Waals surface area contributed by atoms with Crippen LogP contribution in [0.25, 0.3) is 0 Å². The highest BCUT2D eigenvalue weighted by atomic mass is 19.1. The summed E-state index contributed by atoms with van der Waals surface area (Å²) < 4.78 is 18.8. The van der Waals surface area contributed by atoms with Crippen LogP contribution in [-0.2, 0) is 0 Å². The fourth-order valence-electron chi connectivity index (χ4n) is 2.38. The predicted molar refractivity (Wildman–Crippen MR) is 73.1 cm³/mol. The SMILES string of the molecule is COc1ccc(C(=O)/C2=C/CCCCCC2)c(F)c1. The van der Waals surface area contributed by atoms with E-state index in [1.165, 1.54) is 25.7 Å². The lowest BCUT2D eigenvalue weighted by Gasteiger charge is -2.11.